The van der Waals surface area contributed by atoms with E-state index in [0.717, 1.165) is 0 Å². The van der Waals surface area contributed by atoms with Crippen molar-refractivity contribution in [2.75, 3.05) is 38.7 Å². The number of piperidine rings is 1. The van der Waals surface area contributed by atoms with Gasteiger partial charge in [-0.3, -0.25) is 9.59 Å². The Kier molecular flexibility index (Phi) is 5.00. The number of nitrogens with zero attached hydrogens (tertiary/aromatic N) is 1. The summed E-state index contributed by atoms with van der Waals surface area (Å²) < 4.78 is 15.8. The Bertz CT molecular complexity index is 673. The fraction of sp³-hybridized carbons (Fsp3) is 0.471. The lowest BCUT2D eigenvalue weighted by molar-refractivity contribution is -0.187. The molecule has 1 aromatic rings. The lowest BCUT2D eigenvalue weighted by atomic mass is 10.0. The number of carbonyl (C=O) groups excluding carboxylic acids is 3. The van der Waals surface area contributed by atoms with Crippen LogP contribution in [0.1, 0.15) is 23.2 Å². The highest BCUT2D eigenvalue weighted by atomic mass is 16.7. The summed E-state index contributed by atoms with van der Waals surface area (Å²) in [5.41, 5.74) is 0.653. The van der Waals surface area contributed by atoms with Crippen LogP contribution < -0.4 is 5.32 Å². The van der Waals surface area contributed by atoms with E-state index in [1.165, 1.54) is 18.1 Å². The van der Waals surface area contributed by atoms with Crippen molar-refractivity contribution in [2.24, 2.45) is 0 Å². The summed E-state index contributed by atoms with van der Waals surface area (Å²) >= 11 is 0. The van der Waals surface area contributed by atoms with Crippen molar-refractivity contribution in [3.8, 4) is 0 Å². The van der Waals surface area contributed by atoms with E-state index in [2.05, 4.69) is 10.1 Å². The highest BCUT2D eigenvalue weighted by molar-refractivity contribution is 6.39. The van der Waals surface area contributed by atoms with Gasteiger partial charge in [-0.25, -0.2) is 4.79 Å². The number of anilines is 1. The number of benzene rings is 1. The Morgan fingerprint density at radius 3 is 2.48 bits per heavy atom. The standard InChI is InChI=1S/C17H20N2O6/c1-23-16(22)12-3-2-4-13(11-12)18-14(20)15(21)19-7-5-17(6-8-19)24-9-10-25-17/h2-4,11H,5-10H2,1H3,(H,18,20). The van der Waals surface area contributed by atoms with Crippen LogP contribution in [0, 0.1) is 0 Å². The molecule has 0 bridgehead atoms. The molecule has 3 rings (SSSR count). The number of rotatable bonds is 2. The molecule has 1 N–H and O–H groups in total. The minimum Gasteiger partial charge on any atom is -0.465 e. The molecular weight excluding hydrogens is 328 g/mol. The van der Waals surface area contributed by atoms with E-state index in [-0.39, 0.29) is 0 Å². The van der Waals surface area contributed by atoms with E-state index in [4.69, 9.17) is 9.47 Å². The third-order valence-electron chi connectivity index (χ3n) is 4.36. The molecule has 0 unspecified atom stereocenters. The van der Waals surface area contributed by atoms with Gasteiger partial charge in [-0.15, -0.1) is 0 Å². The lowest BCUT2D eigenvalue weighted by Crippen LogP contribution is -2.50. The maximum atomic E-state index is 12.3. The molecule has 0 saturated carbocycles. The van der Waals surface area contributed by atoms with Crippen molar-refractivity contribution in [3.63, 3.8) is 0 Å². The number of likely N-dealkylation sites (tertiary alicyclic amines) is 1. The predicted molar refractivity (Wildman–Crippen MR) is 86.9 cm³/mol. The molecule has 8 nitrogen and oxygen atoms in total. The zero-order chi connectivity index (χ0) is 17.9. The molecule has 2 saturated heterocycles. The lowest BCUT2D eigenvalue weighted by Gasteiger charge is -2.37. The van der Waals surface area contributed by atoms with Crippen LogP contribution in [0.3, 0.4) is 0 Å². The van der Waals surface area contributed by atoms with Crippen LogP contribution in [0.15, 0.2) is 24.3 Å². The Morgan fingerprint density at radius 1 is 1.16 bits per heavy atom. The average Bonchev–Trinajstić information content (AvgIpc) is 3.09. The van der Waals surface area contributed by atoms with Gasteiger partial charge in [0, 0.05) is 31.6 Å². The summed E-state index contributed by atoms with van der Waals surface area (Å²) in [6, 6.07) is 6.23. The third kappa shape index (κ3) is 3.80. The van der Waals surface area contributed by atoms with E-state index in [9.17, 15) is 14.4 Å². The first-order valence-corrected chi connectivity index (χ1v) is 8.09. The first kappa shape index (κ1) is 17.4. The van der Waals surface area contributed by atoms with Gasteiger partial charge in [0.05, 0.1) is 25.9 Å². The largest absolute Gasteiger partial charge is 0.465 e. The summed E-state index contributed by atoms with van der Waals surface area (Å²) in [5.74, 6) is -2.47. The maximum absolute atomic E-state index is 12.3. The molecule has 2 fully saturated rings. The smallest absolute Gasteiger partial charge is 0.337 e. The first-order chi connectivity index (χ1) is 12.0. The van der Waals surface area contributed by atoms with Crippen molar-refractivity contribution in [3.05, 3.63) is 29.8 Å². The normalized spacial score (nSPS) is 18.8. The van der Waals surface area contributed by atoms with Gasteiger partial charge in [0.2, 0.25) is 0 Å². The summed E-state index contributed by atoms with van der Waals surface area (Å²) in [4.78, 5) is 37.5. The number of esters is 1. The molecule has 134 valence electrons. The fourth-order valence-corrected chi connectivity index (χ4v) is 3.01. The van der Waals surface area contributed by atoms with Gasteiger partial charge in [0.15, 0.2) is 5.79 Å². The van der Waals surface area contributed by atoms with E-state index in [1.54, 1.807) is 18.2 Å². The minimum atomic E-state index is -0.744. The summed E-state index contributed by atoms with van der Waals surface area (Å²) in [5, 5.41) is 2.52. The molecule has 2 aliphatic rings. The monoisotopic (exact) mass is 348 g/mol. The molecule has 2 aliphatic heterocycles. The Hall–Kier alpha value is -2.45. The van der Waals surface area contributed by atoms with E-state index in [0.29, 0.717) is 50.4 Å². The molecule has 1 spiro atoms. The van der Waals surface area contributed by atoms with Gasteiger partial charge >= 0.3 is 17.8 Å². The van der Waals surface area contributed by atoms with Gasteiger partial charge in [0.1, 0.15) is 0 Å². The van der Waals surface area contributed by atoms with E-state index < -0.39 is 23.6 Å². The number of hydrogen-bond donors (Lipinski definition) is 1. The van der Waals surface area contributed by atoms with E-state index >= 15 is 0 Å². The van der Waals surface area contributed by atoms with Crippen LogP contribution >= 0.6 is 0 Å². The van der Waals surface area contributed by atoms with Gasteiger partial charge in [0.25, 0.3) is 0 Å². The highest BCUT2D eigenvalue weighted by Crippen LogP contribution is 2.31. The highest BCUT2D eigenvalue weighted by Gasteiger charge is 2.41. The summed E-state index contributed by atoms with van der Waals surface area (Å²) in [6.45, 7) is 1.92. The van der Waals surface area contributed by atoms with Crippen LogP contribution in [0.5, 0.6) is 0 Å². The van der Waals surface area contributed by atoms with Crippen LogP contribution in [0.4, 0.5) is 5.69 Å². The van der Waals surface area contributed by atoms with Crippen molar-refractivity contribution < 1.29 is 28.6 Å². The summed E-state index contributed by atoms with van der Waals surface area (Å²) in [7, 11) is 1.28. The summed E-state index contributed by atoms with van der Waals surface area (Å²) in [6.07, 6.45) is 1.09. The number of methoxy groups -OCH3 is 1. The SMILES string of the molecule is COC(=O)c1cccc(NC(=O)C(=O)N2CCC3(CC2)OCCO3)c1. The van der Waals surface area contributed by atoms with Crippen molar-refractivity contribution >= 4 is 23.5 Å². The Labute approximate surface area is 145 Å². The molecule has 1 aromatic carbocycles. The van der Waals surface area contributed by atoms with Crippen molar-refractivity contribution in [1.29, 1.82) is 0 Å². The molecule has 2 amide bonds. The number of ether oxygens (including phenoxy) is 3. The zero-order valence-corrected chi connectivity index (χ0v) is 13.9. The zero-order valence-electron chi connectivity index (χ0n) is 13.9. The molecule has 0 radical (unpaired) electrons. The average molecular weight is 348 g/mol. The quantitative estimate of drug-likeness (QED) is 0.627. The second-order valence-electron chi connectivity index (χ2n) is 5.93. The third-order valence-corrected chi connectivity index (χ3v) is 4.36. The molecular formula is C17H20N2O6. The van der Waals surface area contributed by atoms with Crippen LogP contribution in [0.2, 0.25) is 0 Å². The Balaban J connectivity index is 1.58. The molecule has 25 heavy (non-hydrogen) atoms. The number of amides is 2. The Morgan fingerprint density at radius 2 is 1.84 bits per heavy atom. The topological polar surface area (TPSA) is 94.2 Å². The van der Waals surface area contributed by atoms with Gasteiger partial charge in [-0.05, 0) is 18.2 Å². The minimum absolute atomic E-state index is 0.295. The van der Waals surface area contributed by atoms with Crippen molar-refractivity contribution in [2.45, 2.75) is 18.6 Å². The molecule has 8 heteroatoms. The van der Waals surface area contributed by atoms with Crippen LogP contribution in [-0.4, -0.2) is 61.9 Å². The predicted octanol–water partition coefficient (Wildman–Crippen LogP) is 0.777. The molecule has 0 aromatic heterocycles. The van der Waals surface area contributed by atoms with Gasteiger partial charge in [-0.1, -0.05) is 6.07 Å². The molecule has 0 atom stereocenters. The van der Waals surface area contributed by atoms with Crippen LogP contribution in [-0.2, 0) is 23.8 Å². The maximum Gasteiger partial charge on any atom is 0.337 e. The fourth-order valence-electron chi connectivity index (χ4n) is 3.01. The van der Waals surface area contributed by atoms with Crippen LogP contribution in [0.25, 0.3) is 0 Å². The van der Waals surface area contributed by atoms with Gasteiger partial charge < -0.3 is 24.4 Å². The van der Waals surface area contributed by atoms with E-state index in [1.807, 2.05) is 0 Å². The molecule has 2 heterocycles. The number of hydrogen-bond acceptors (Lipinski definition) is 6. The van der Waals surface area contributed by atoms with Gasteiger partial charge in [-0.2, -0.15) is 0 Å². The number of carbonyl (C=O) groups is 3. The second kappa shape index (κ2) is 7.20. The second-order valence-corrected chi connectivity index (χ2v) is 5.93. The molecule has 0 aliphatic carbocycles. The first-order valence-electron chi connectivity index (χ1n) is 8.09. The number of nitrogens with one attached hydrogen (secondary N) is 1. The van der Waals surface area contributed by atoms with Crippen molar-refractivity contribution in [1.82, 2.24) is 4.90 Å².